The molecule has 0 radical (unpaired) electrons. The van der Waals surface area contributed by atoms with Crippen molar-refractivity contribution >= 4 is 21.8 Å². The van der Waals surface area contributed by atoms with Crippen LogP contribution in [0.15, 0.2) is 42.7 Å². The number of pyridine rings is 2. The molecule has 3 aromatic rings. The third-order valence-electron chi connectivity index (χ3n) is 3.74. The molecule has 2 heteroatoms. The lowest BCUT2D eigenvalue weighted by atomic mass is 9.92. The van der Waals surface area contributed by atoms with Gasteiger partial charge in [0.15, 0.2) is 0 Å². The molecule has 96 valence electrons. The number of aromatic nitrogens is 2. The van der Waals surface area contributed by atoms with E-state index in [9.17, 15) is 0 Å². The largest absolute Gasteiger partial charge is 0.256 e. The molecule has 0 amide bonds. The van der Waals surface area contributed by atoms with E-state index in [1.807, 2.05) is 24.5 Å². The number of hydrogen-bond acceptors (Lipinski definition) is 2. The lowest BCUT2D eigenvalue weighted by molar-refractivity contribution is 0.668. The first-order valence-corrected chi connectivity index (χ1v) is 6.93. The molecule has 3 rings (SSSR count). The van der Waals surface area contributed by atoms with Crippen molar-refractivity contribution in [3.05, 3.63) is 48.3 Å². The van der Waals surface area contributed by atoms with Crippen molar-refractivity contribution in [3.8, 4) is 0 Å². The van der Waals surface area contributed by atoms with Crippen LogP contribution in [0.3, 0.4) is 0 Å². The Kier molecular flexibility index (Phi) is 3.16. The lowest BCUT2D eigenvalue weighted by Gasteiger charge is -2.14. The van der Waals surface area contributed by atoms with Crippen LogP contribution in [0, 0.1) is 0 Å². The Morgan fingerprint density at radius 2 is 1.79 bits per heavy atom. The van der Waals surface area contributed by atoms with Crippen molar-refractivity contribution in [3.63, 3.8) is 0 Å². The summed E-state index contributed by atoms with van der Waals surface area (Å²) in [6, 6.07) is 10.5. The minimum Gasteiger partial charge on any atom is -0.256 e. The molecule has 2 heterocycles. The quantitative estimate of drug-likeness (QED) is 0.630. The highest BCUT2D eigenvalue weighted by Crippen LogP contribution is 2.32. The Bertz CT molecular complexity index is 719. The monoisotopic (exact) mass is 250 g/mol. The van der Waals surface area contributed by atoms with Gasteiger partial charge in [-0.2, -0.15) is 0 Å². The first-order chi connectivity index (χ1) is 9.31. The molecule has 0 fully saturated rings. The van der Waals surface area contributed by atoms with Gasteiger partial charge in [0.2, 0.25) is 0 Å². The molecule has 0 saturated heterocycles. The van der Waals surface area contributed by atoms with Gasteiger partial charge in [-0.25, -0.2) is 0 Å². The fraction of sp³-hybridized carbons (Fsp3) is 0.294. The van der Waals surface area contributed by atoms with Crippen LogP contribution in [-0.2, 0) is 0 Å². The molecule has 0 bridgehead atoms. The molecule has 2 nitrogen and oxygen atoms in total. The van der Waals surface area contributed by atoms with Crippen molar-refractivity contribution < 1.29 is 0 Å². The third-order valence-corrected chi connectivity index (χ3v) is 3.74. The van der Waals surface area contributed by atoms with E-state index in [2.05, 4.69) is 42.0 Å². The second-order valence-electron chi connectivity index (χ2n) is 5.13. The van der Waals surface area contributed by atoms with E-state index in [-0.39, 0.29) is 0 Å². The van der Waals surface area contributed by atoms with Gasteiger partial charge in [-0.05, 0) is 42.2 Å². The highest BCUT2D eigenvalue weighted by atomic mass is 14.7. The minimum atomic E-state index is 0.534. The standard InChI is InChI=1S/C17H18N2/c1-3-6-12(2)15-11-13-7-4-9-18-16(13)14-8-5-10-19-17(14)15/h4-5,7-12H,3,6H2,1-2H3. The van der Waals surface area contributed by atoms with Crippen molar-refractivity contribution in [1.29, 1.82) is 0 Å². The molecule has 1 atom stereocenters. The summed E-state index contributed by atoms with van der Waals surface area (Å²) in [5, 5.41) is 2.37. The summed E-state index contributed by atoms with van der Waals surface area (Å²) >= 11 is 0. The van der Waals surface area contributed by atoms with Gasteiger partial charge in [-0.1, -0.05) is 26.3 Å². The summed E-state index contributed by atoms with van der Waals surface area (Å²) in [7, 11) is 0. The Morgan fingerprint density at radius 1 is 1.05 bits per heavy atom. The summed E-state index contributed by atoms with van der Waals surface area (Å²) in [5.41, 5.74) is 3.51. The van der Waals surface area contributed by atoms with Crippen LogP contribution in [0.5, 0.6) is 0 Å². The van der Waals surface area contributed by atoms with Gasteiger partial charge in [0.1, 0.15) is 0 Å². The predicted octanol–water partition coefficient (Wildman–Crippen LogP) is 4.69. The minimum absolute atomic E-state index is 0.534. The van der Waals surface area contributed by atoms with Crippen LogP contribution < -0.4 is 0 Å². The molecule has 0 aliphatic rings. The Balaban J connectivity index is 2.35. The Labute approximate surface area is 113 Å². The summed E-state index contributed by atoms with van der Waals surface area (Å²) in [6.07, 6.45) is 6.11. The van der Waals surface area contributed by atoms with Crippen molar-refractivity contribution in [2.24, 2.45) is 0 Å². The average Bonchev–Trinajstić information content (AvgIpc) is 2.46. The van der Waals surface area contributed by atoms with Crippen LogP contribution in [0.25, 0.3) is 21.8 Å². The van der Waals surface area contributed by atoms with E-state index in [0.29, 0.717) is 5.92 Å². The molecule has 0 spiro atoms. The van der Waals surface area contributed by atoms with Crippen LogP contribution in [0.2, 0.25) is 0 Å². The molecule has 1 unspecified atom stereocenters. The van der Waals surface area contributed by atoms with Gasteiger partial charge in [0.05, 0.1) is 11.0 Å². The van der Waals surface area contributed by atoms with Crippen molar-refractivity contribution in [2.45, 2.75) is 32.6 Å². The molecular weight excluding hydrogens is 232 g/mol. The van der Waals surface area contributed by atoms with Gasteiger partial charge in [-0.15, -0.1) is 0 Å². The molecular formula is C17H18N2. The first kappa shape index (κ1) is 12.1. The van der Waals surface area contributed by atoms with Gasteiger partial charge < -0.3 is 0 Å². The first-order valence-electron chi connectivity index (χ1n) is 6.93. The summed E-state index contributed by atoms with van der Waals surface area (Å²) < 4.78 is 0. The maximum absolute atomic E-state index is 4.59. The van der Waals surface area contributed by atoms with Gasteiger partial charge in [0, 0.05) is 23.2 Å². The Hall–Kier alpha value is -1.96. The number of fused-ring (bicyclic) bond motifs is 3. The maximum atomic E-state index is 4.59. The molecule has 2 aromatic heterocycles. The number of nitrogens with zero attached hydrogens (tertiary/aromatic N) is 2. The smallest absolute Gasteiger partial charge is 0.0796 e. The zero-order valence-electron chi connectivity index (χ0n) is 11.4. The molecule has 0 N–H and O–H groups in total. The zero-order valence-corrected chi connectivity index (χ0v) is 11.4. The van der Waals surface area contributed by atoms with E-state index in [0.717, 1.165) is 11.0 Å². The van der Waals surface area contributed by atoms with E-state index in [4.69, 9.17) is 0 Å². The van der Waals surface area contributed by atoms with Crippen molar-refractivity contribution in [2.75, 3.05) is 0 Å². The molecule has 0 saturated carbocycles. The topological polar surface area (TPSA) is 25.8 Å². The summed E-state index contributed by atoms with van der Waals surface area (Å²) in [4.78, 5) is 9.11. The van der Waals surface area contributed by atoms with E-state index in [1.165, 1.54) is 29.2 Å². The predicted molar refractivity (Wildman–Crippen MR) is 80.4 cm³/mol. The van der Waals surface area contributed by atoms with Crippen LogP contribution in [0.1, 0.15) is 38.2 Å². The lowest BCUT2D eigenvalue weighted by Crippen LogP contribution is -1.97. The zero-order chi connectivity index (χ0) is 13.2. The number of rotatable bonds is 3. The second-order valence-corrected chi connectivity index (χ2v) is 5.13. The highest BCUT2D eigenvalue weighted by molar-refractivity contribution is 6.05. The van der Waals surface area contributed by atoms with E-state index >= 15 is 0 Å². The molecule has 0 aliphatic carbocycles. The highest BCUT2D eigenvalue weighted by Gasteiger charge is 2.13. The van der Waals surface area contributed by atoms with Crippen molar-refractivity contribution in [1.82, 2.24) is 9.97 Å². The molecule has 0 aliphatic heterocycles. The molecule has 1 aromatic carbocycles. The van der Waals surface area contributed by atoms with Gasteiger partial charge in [0.25, 0.3) is 0 Å². The van der Waals surface area contributed by atoms with Gasteiger partial charge >= 0.3 is 0 Å². The molecule has 19 heavy (non-hydrogen) atoms. The summed E-state index contributed by atoms with van der Waals surface area (Å²) in [5.74, 6) is 0.534. The third kappa shape index (κ3) is 2.07. The summed E-state index contributed by atoms with van der Waals surface area (Å²) in [6.45, 7) is 4.52. The fourth-order valence-corrected chi connectivity index (χ4v) is 2.79. The van der Waals surface area contributed by atoms with Gasteiger partial charge in [-0.3, -0.25) is 9.97 Å². The fourth-order valence-electron chi connectivity index (χ4n) is 2.79. The van der Waals surface area contributed by atoms with Crippen LogP contribution >= 0.6 is 0 Å². The van der Waals surface area contributed by atoms with E-state index < -0.39 is 0 Å². The Morgan fingerprint density at radius 3 is 2.58 bits per heavy atom. The maximum Gasteiger partial charge on any atom is 0.0796 e. The van der Waals surface area contributed by atoms with E-state index in [1.54, 1.807) is 0 Å². The number of hydrogen-bond donors (Lipinski definition) is 0. The van der Waals surface area contributed by atoms with Crippen LogP contribution in [-0.4, -0.2) is 9.97 Å². The number of benzene rings is 1. The average molecular weight is 250 g/mol. The normalized spacial score (nSPS) is 12.9. The second kappa shape index (κ2) is 4.96. The van der Waals surface area contributed by atoms with Crippen LogP contribution in [0.4, 0.5) is 0 Å². The SMILES string of the molecule is CCCC(C)c1cc2cccnc2c2cccnc12.